The number of tetrazole rings is 1. The third kappa shape index (κ3) is 4.81. The molecule has 3 aromatic rings. The summed E-state index contributed by atoms with van der Waals surface area (Å²) >= 11 is 0. The second-order valence-electron chi connectivity index (χ2n) is 8.59. The van der Waals surface area contributed by atoms with Gasteiger partial charge in [-0.25, -0.2) is 4.68 Å². The van der Waals surface area contributed by atoms with Gasteiger partial charge in [0.15, 0.2) is 11.9 Å². The van der Waals surface area contributed by atoms with E-state index in [1.165, 1.54) is 34.9 Å². The number of methoxy groups -OCH3 is 1. The average Bonchev–Trinajstić information content (AvgIpc) is 3.30. The third-order valence-electron chi connectivity index (χ3n) is 5.78. The molecule has 1 aromatic heterocycles. The van der Waals surface area contributed by atoms with Crippen LogP contribution in [-0.2, 0) is 16.1 Å². The highest BCUT2D eigenvalue weighted by Gasteiger charge is 2.42. The molecule has 2 heterocycles. The van der Waals surface area contributed by atoms with Gasteiger partial charge in [-0.1, -0.05) is 44.2 Å². The SMILES string of the molecule is COc1ccc(NC(=O)C(CC(C)C)N2Cc3nnnn3C(c3ccccc3)C2=O)c([N+](=O)[O-])c1. The molecule has 2 amide bonds. The lowest BCUT2D eigenvalue weighted by Gasteiger charge is -2.37. The zero-order valence-corrected chi connectivity index (χ0v) is 19.5. The number of anilines is 1. The molecule has 0 saturated carbocycles. The summed E-state index contributed by atoms with van der Waals surface area (Å²) in [5.74, 6) is -0.0841. The minimum Gasteiger partial charge on any atom is -0.496 e. The molecule has 1 aliphatic rings. The van der Waals surface area contributed by atoms with Crippen LogP contribution in [0, 0.1) is 16.0 Å². The largest absolute Gasteiger partial charge is 0.496 e. The zero-order chi connectivity index (χ0) is 25.1. The molecule has 0 saturated heterocycles. The van der Waals surface area contributed by atoms with E-state index >= 15 is 0 Å². The van der Waals surface area contributed by atoms with Crippen LogP contribution >= 0.6 is 0 Å². The van der Waals surface area contributed by atoms with Gasteiger partial charge in [-0.2, -0.15) is 0 Å². The minimum absolute atomic E-state index is 0.0171. The number of ether oxygens (including phenoxy) is 1. The number of nitrogens with zero attached hydrogens (tertiary/aromatic N) is 6. The van der Waals surface area contributed by atoms with Crippen LogP contribution in [0.25, 0.3) is 0 Å². The monoisotopic (exact) mass is 479 g/mol. The summed E-state index contributed by atoms with van der Waals surface area (Å²) in [6.45, 7) is 3.90. The van der Waals surface area contributed by atoms with Crippen molar-refractivity contribution in [3.8, 4) is 5.75 Å². The normalized spacial score (nSPS) is 16.1. The van der Waals surface area contributed by atoms with Crippen LogP contribution in [0.15, 0.2) is 48.5 Å². The van der Waals surface area contributed by atoms with Crippen molar-refractivity contribution in [2.45, 2.75) is 38.9 Å². The highest BCUT2D eigenvalue weighted by Crippen LogP contribution is 2.32. The summed E-state index contributed by atoms with van der Waals surface area (Å²) in [7, 11) is 1.40. The summed E-state index contributed by atoms with van der Waals surface area (Å²) in [6, 6.07) is 11.5. The Morgan fingerprint density at radius 1 is 1.26 bits per heavy atom. The van der Waals surface area contributed by atoms with Crippen molar-refractivity contribution in [2.24, 2.45) is 5.92 Å². The first-order chi connectivity index (χ1) is 16.8. The van der Waals surface area contributed by atoms with Crippen LogP contribution in [0.5, 0.6) is 5.75 Å². The van der Waals surface area contributed by atoms with Gasteiger partial charge in [-0.3, -0.25) is 19.7 Å². The van der Waals surface area contributed by atoms with Crippen LogP contribution in [-0.4, -0.2) is 55.0 Å². The Kier molecular flexibility index (Phi) is 6.71. The molecule has 2 atom stereocenters. The van der Waals surface area contributed by atoms with E-state index in [0.717, 1.165) is 0 Å². The maximum atomic E-state index is 13.7. The molecule has 0 spiro atoms. The van der Waals surface area contributed by atoms with Crippen molar-refractivity contribution >= 4 is 23.2 Å². The molecule has 35 heavy (non-hydrogen) atoms. The van der Waals surface area contributed by atoms with E-state index in [4.69, 9.17) is 4.74 Å². The molecule has 1 N–H and O–H groups in total. The second-order valence-corrected chi connectivity index (χ2v) is 8.59. The van der Waals surface area contributed by atoms with Crippen molar-refractivity contribution in [1.29, 1.82) is 0 Å². The number of carbonyl (C=O) groups excluding carboxylic acids is 2. The molecule has 12 nitrogen and oxygen atoms in total. The van der Waals surface area contributed by atoms with Gasteiger partial charge in [-0.05, 0) is 40.5 Å². The Morgan fingerprint density at radius 3 is 2.66 bits per heavy atom. The van der Waals surface area contributed by atoms with Gasteiger partial charge in [0, 0.05) is 0 Å². The number of fused-ring (bicyclic) bond motifs is 1. The molecule has 0 fully saturated rings. The number of hydrogen-bond donors (Lipinski definition) is 1. The number of nitrogens with one attached hydrogen (secondary N) is 1. The van der Waals surface area contributed by atoms with Crippen molar-refractivity contribution in [3.05, 3.63) is 70.0 Å². The van der Waals surface area contributed by atoms with Crippen molar-refractivity contribution in [3.63, 3.8) is 0 Å². The standard InChI is InChI=1S/C23H25N7O5/c1-14(2)11-19(22(31)24-17-10-9-16(35-3)12-18(17)30(33)34)28-13-20-25-26-27-29(20)21(23(28)32)15-7-5-4-6-8-15/h4-10,12,14,19,21H,11,13H2,1-3H3,(H,24,31). The average molecular weight is 479 g/mol. The van der Waals surface area contributed by atoms with Crippen molar-refractivity contribution in [1.82, 2.24) is 25.1 Å². The van der Waals surface area contributed by atoms with E-state index < -0.39 is 22.9 Å². The van der Waals surface area contributed by atoms with E-state index in [2.05, 4.69) is 20.8 Å². The van der Waals surface area contributed by atoms with Crippen LogP contribution in [0.1, 0.15) is 37.7 Å². The van der Waals surface area contributed by atoms with Gasteiger partial charge in [0.05, 0.1) is 24.6 Å². The summed E-state index contributed by atoms with van der Waals surface area (Å²) in [4.78, 5) is 39.7. The van der Waals surface area contributed by atoms with E-state index in [9.17, 15) is 19.7 Å². The molecular formula is C23H25N7O5. The van der Waals surface area contributed by atoms with Crippen LogP contribution in [0.4, 0.5) is 11.4 Å². The van der Waals surface area contributed by atoms with E-state index in [-0.39, 0.29) is 35.5 Å². The number of benzene rings is 2. The van der Waals surface area contributed by atoms with E-state index in [1.54, 1.807) is 12.1 Å². The Balaban J connectivity index is 1.69. The van der Waals surface area contributed by atoms with Gasteiger partial charge in [0.2, 0.25) is 5.91 Å². The van der Waals surface area contributed by atoms with Gasteiger partial charge in [0.1, 0.15) is 17.5 Å². The predicted molar refractivity (Wildman–Crippen MR) is 124 cm³/mol. The number of nitro benzene ring substituents is 1. The molecule has 12 heteroatoms. The number of rotatable bonds is 8. The fourth-order valence-corrected chi connectivity index (χ4v) is 4.13. The molecule has 2 aromatic carbocycles. The minimum atomic E-state index is -0.902. The van der Waals surface area contributed by atoms with Gasteiger partial charge in [-0.15, -0.1) is 5.10 Å². The lowest BCUT2D eigenvalue weighted by molar-refractivity contribution is -0.384. The van der Waals surface area contributed by atoms with E-state index in [0.29, 0.717) is 17.8 Å². The fraction of sp³-hybridized carbons (Fsp3) is 0.348. The highest BCUT2D eigenvalue weighted by molar-refractivity contribution is 5.99. The molecule has 0 radical (unpaired) electrons. The first-order valence-electron chi connectivity index (χ1n) is 11.1. The molecule has 182 valence electrons. The fourth-order valence-electron chi connectivity index (χ4n) is 4.13. The topological polar surface area (TPSA) is 145 Å². The van der Waals surface area contributed by atoms with Crippen molar-refractivity contribution < 1.29 is 19.2 Å². The zero-order valence-electron chi connectivity index (χ0n) is 19.5. The summed E-state index contributed by atoms with van der Waals surface area (Å²) in [5, 5.41) is 26.0. The lowest BCUT2D eigenvalue weighted by atomic mass is 9.97. The Bertz CT molecular complexity index is 1240. The number of carbonyl (C=O) groups is 2. The van der Waals surface area contributed by atoms with Gasteiger partial charge >= 0.3 is 0 Å². The Morgan fingerprint density at radius 2 is 2.00 bits per heavy atom. The number of amides is 2. The highest BCUT2D eigenvalue weighted by atomic mass is 16.6. The van der Waals surface area contributed by atoms with Gasteiger partial charge < -0.3 is 15.0 Å². The molecular weight excluding hydrogens is 454 g/mol. The number of nitro groups is 1. The second kappa shape index (κ2) is 9.87. The Hall–Kier alpha value is -4.35. The summed E-state index contributed by atoms with van der Waals surface area (Å²) in [5.41, 5.74) is 0.394. The summed E-state index contributed by atoms with van der Waals surface area (Å²) in [6.07, 6.45) is 0.338. The van der Waals surface area contributed by atoms with Gasteiger partial charge in [0.25, 0.3) is 11.6 Å². The van der Waals surface area contributed by atoms with Crippen LogP contribution in [0.2, 0.25) is 0 Å². The predicted octanol–water partition coefficient (Wildman–Crippen LogP) is 2.57. The molecule has 1 aliphatic heterocycles. The first-order valence-corrected chi connectivity index (χ1v) is 11.1. The quantitative estimate of drug-likeness (QED) is 0.383. The third-order valence-corrected chi connectivity index (χ3v) is 5.78. The summed E-state index contributed by atoms with van der Waals surface area (Å²) < 4.78 is 6.53. The smallest absolute Gasteiger partial charge is 0.296 e. The lowest BCUT2D eigenvalue weighted by Crippen LogP contribution is -2.53. The Labute approximate surface area is 201 Å². The maximum absolute atomic E-state index is 13.7. The number of aromatic nitrogens is 4. The number of hydrogen-bond acceptors (Lipinski definition) is 8. The van der Waals surface area contributed by atoms with Crippen LogP contribution in [0.3, 0.4) is 0 Å². The first kappa shape index (κ1) is 23.8. The molecule has 4 rings (SSSR count). The maximum Gasteiger partial charge on any atom is 0.296 e. The van der Waals surface area contributed by atoms with Crippen molar-refractivity contribution in [2.75, 3.05) is 12.4 Å². The molecule has 0 aliphatic carbocycles. The molecule has 0 bridgehead atoms. The van der Waals surface area contributed by atoms with Crippen LogP contribution < -0.4 is 10.1 Å². The molecule has 2 unspecified atom stereocenters. The van der Waals surface area contributed by atoms with E-state index in [1.807, 2.05) is 32.0 Å².